The van der Waals surface area contributed by atoms with Crippen LogP contribution in [0.25, 0.3) is 0 Å². The summed E-state index contributed by atoms with van der Waals surface area (Å²) in [5.41, 5.74) is 0.507. The first-order valence-electron chi connectivity index (χ1n) is 7.56. The predicted octanol–water partition coefficient (Wildman–Crippen LogP) is 2.63. The average molecular weight is 368 g/mol. The molecule has 2 N–H and O–H groups in total. The Morgan fingerprint density at radius 3 is 2.58 bits per heavy atom. The third kappa shape index (κ3) is 4.80. The number of hydrogen-bond donors (Lipinski definition) is 2. The molecule has 1 aromatic heterocycles. The SMILES string of the molecule is CCOc1ccccc1NC(=O)CNS(=O)(=O)c1ccc(CC)s1. The fraction of sp³-hybridized carbons (Fsp3) is 0.312. The number of anilines is 1. The van der Waals surface area contributed by atoms with E-state index in [1.54, 1.807) is 36.4 Å². The van der Waals surface area contributed by atoms with Gasteiger partial charge in [-0.15, -0.1) is 11.3 Å². The lowest BCUT2D eigenvalue weighted by atomic mass is 10.3. The molecule has 6 nitrogen and oxygen atoms in total. The van der Waals surface area contributed by atoms with Crippen molar-refractivity contribution in [3.05, 3.63) is 41.3 Å². The van der Waals surface area contributed by atoms with Gasteiger partial charge in [0.15, 0.2) is 0 Å². The van der Waals surface area contributed by atoms with Crippen LogP contribution in [-0.4, -0.2) is 27.5 Å². The lowest BCUT2D eigenvalue weighted by molar-refractivity contribution is -0.115. The molecule has 1 heterocycles. The molecule has 1 amide bonds. The smallest absolute Gasteiger partial charge is 0.250 e. The topological polar surface area (TPSA) is 84.5 Å². The number of carbonyl (C=O) groups excluding carboxylic acids is 1. The Kier molecular flexibility index (Phi) is 6.36. The van der Waals surface area contributed by atoms with E-state index in [-0.39, 0.29) is 10.8 Å². The van der Waals surface area contributed by atoms with E-state index in [9.17, 15) is 13.2 Å². The number of aryl methyl sites for hydroxylation is 1. The first kappa shape index (κ1) is 18.4. The van der Waals surface area contributed by atoms with Gasteiger partial charge in [-0.3, -0.25) is 4.79 Å². The Morgan fingerprint density at radius 1 is 1.17 bits per heavy atom. The van der Waals surface area contributed by atoms with Crippen molar-refractivity contribution in [1.82, 2.24) is 4.72 Å². The second-order valence-corrected chi connectivity index (χ2v) is 8.04. The zero-order valence-corrected chi connectivity index (χ0v) is 15.2. The van der Waals surface area contributed by atoms with E-state index in [1.165, 1.54) is 11.3 Å². The molecule has 0 unspecified atom stereocenters. The number of carbonyl (C=O) groups is 1. The van der Waals surface area contributed by atoms with Crippen LogP contribution in [0.5, 0.6) is 5.75 Å². The maximum atomic E-state index is 12.2. The lowest BCUT2D eigenvalue weighted by Gasteiger charge is -2.11. The third-order valence-electron chi connectivity index (χ3n) is 3.13. The van der Waals surface area contributed by atoms with Crippen LogP contribution in [0.15, 0.2) is 40.6 Å². The van der Waals surface area contributed by atoms with E-state index in [4.69, 9.17) is 4.74 Å². The minimum absolute atomic E-state index is 0.210. The van der Waals surface area contributed by atoms with E-state index in [0.29, 0.717) is 18.0 Å². The second kappa shape index (κ2) is 8.27. The number of ether oxygens (including phenoxy) is 1. The van der Waals surface area contributed by atoms with Gasteiger partial charge in [-0.25, -0.2) is 13.1 Å². The minimum atomic E-state index is -3.68. The molecule has 0 aliphatic rings. The highest BCUT2D eigenvalue weighted by molar-refractivity contribution is 7.91. The van der Waals surface area contributed by atoms with Crippen LogP contribution in [0.2, 0.25) is 0 Å². The molecular formula is C16H20N2O4S2. The number of sulfonamides is 1. The van der Waals surface area contributed by atoms with E-state index >= 15 is 0 Å². The summed E-state index contributed by atoms with van der Waals surface area (Å²) in [6.45, 7) is 3.93. The molecule has 0 atom stereocenters. The monoisotopic (exact) mass is 368 g/mol. The summed E-state index contributed by atoms with van der Waals surface area (Å²) in [7, 11) is -3.68. The van der Waals surface area contributed by atoms with Gasteiger partial charge in [0.25, 0.3) is 10.0 Å². The van der Waals surface area contributed by atoms with Crippen molar-refractivity contribution in [3.63, 3.8) is 0 Å². The Labute approximate surface area is 145 Å². The van der Waals surface area contributed by atoms with Crippen LogP contribution in [0.1, 0.15) is 18.7 Å². The standard InChI is InChI=1S/C16H20N2O4S2/c1-3-12-9-10-16(23-12)24(20,21)17-11-15(19)18-13-7-5-6-8-14(13)22-4-2/h5-10,17H,3-4,11H2,1-2H3,(H,18,19). The highest BCUT2D eigenvalue weighted by Crippen LogP contribution is 2.24. The predicted molar refractivity (Wildman–Crippen MR) is 95.1 cm³/mol. The molecule has 0 radical (unpaired) electrons. The molecule has 2 rings (SSSR count). The highest BCUT2D eigenvalue weighted by atomic mass is 32.2. The van der Waals surface area contributed by atoms with Gasteiger partial charge in [0.05, 0.1) is 18.8 Å². The Balaban J connectivity index is 1.98. The number of rotatable bonds is 8. The van der Waals surface area contributed by atoms with Crippen LogP contribution in [0.4, 0.5) is 5.69 Å². The molecule has 0 fully saturated rings. The third-order valence-corrected chi connectivity index (χ3v) is 6.26. The van der Waals surface area contributed by atoms with Crippen molar-refractivity contribution in [1.29, 1.82) is 0 Å². The van der Waals surface area contributed by atoms with Gasteiger partial charge in [-0.05, 0) is 37.6 Å². The Bertz CT molecular complexity index is 800. The molecule has 2 aromatic rings. The van der Waals surface area contributed by atoms with E-state index < -0.39 is 15.9 Å². The summed E-state index contributed by atoms with van der Waals surface area (Å²) in [5, 5.41) is 2.65. The van der Waals surface area contributed by atoms with E-state index in [2.05, 4.69) is 10.0 Å². The summed E-state index contributed by atoms with van der Waals surface area (Å²) < 4.78 is 32.3. The summed E-state index contributed by atoms with van der Waals surface area (Å²) in [6.07, 6.45) is 0.773. The van der Waals surface area contributed by atoms with Crippen molar-refractivity contribution in [3.8, 4) is 5.75 Å². The van der Waals surface area contributed by atoms with Crippen molar-refractivity contribution in [2.75, 3.05) is 18.5 Å². The van der Waals surface area contributed by atoms with Crippen LogP contribution < -0.4 is 14.8 Å². The first-order valence-corrected chi connectivity index (χ1v) is 9.86. The molecule has 24 heavy (non-hydrogen) atoms. The zero-order valence-electron chi connectivity index (χ0n) is 13.5. The molecule has 130 valence electrons. The van der Waals surface area contributed by atoms with E-state index in [1.807, 2.05) is 13.8 Å². The van der Waals surface area contributed by atoms with Crippen LogP contribution in [0, 0.1) is 0 Å². The average Bonchev–Trinajstić information content (AvgIpc) is 3.05. The summed E-state index contributed by atoms with van der Waals surface area (Å²) >= 11 is 1.20. The van der Waals surface area contributed by atoms with Gasteiger partial charge < -0.3 is 10.1 Å². The molecule has 0 aliphatic carbocycles. The van der Waals surface area contributed by atoms with E-state index in [0.717, 1.165) is 11.3 Å². The van der Waals surface area contributed by atoms with Gasteiger partial charge in [-0.2, -0.15) is 0 Å². The quantitative estimate of drug-likeness (QED) is 0.750. The van der Waals surface area contributed by atoms with Gasteiger partial charge in [0.2, 0.25) is 5.91 Å². The highest BCUT2D eigenvalue weighted by Gasteiger charge is 2.18. The maximum Gasteiger partial charge on any atom is 0.250 e. The fourth-order valence-corrected chi connectivity index (χ4v) is 4.29. The Hall–Kier alpha value is -1.90. The van der Waals surface area contributed by atoms with Gasteiger partial charge in [0.1, 0.15) is 9.96 Å². The fourth-order valence-electron chi connectivity index (χ4n) is 1.97. The number of benzene rings is 1. The van der Waals surface area contributed by atoms with Crippen LogP contribution in [0.3, 0.4) is 0 Å². The van der Waals surface area contributed by atoms with Gasteiger partial charge >= 0.3 is 0 Å². The normalized spacial score (nSPS) is 11.2. The summed E-state index contributed by atoms with van der Waals surface area (Å²) in [4.78, 5) is 13.0. The van der Waals surface area contributed by atoms with Crippen molar-refractivity contribution >= 4 is 33.0 Å². The number of nitrogens with one attached hydrogen (secondary N) is 2. The molecule has 0 bridgehead atoms. The second-order valence-electron chi connectivity index (χ2n) is 4.88. The summed E-state index contributed by atoms with van der Waals surface area (Å²) in [6, 6.07) is 10.3. The number of thiophene rings is 1. The van der Waals surface area contributed by atoms with Crippen molar-refractivity contribution in [2.45, 2.75) is 24.5 Å². The molecule has 0 spiro atoms. The lowest BCUT2D eigenvalue weighted by Crippen LogP contribution is -2.32. The minimum Gasteiger partial charge on any atom is -0.492 e. The van der Waals surface area contributed by atoms with Crippen molar-refractivity contribution < 1.29 is 17.9 Å². The van der Waals surface area contributed by atoms with Crippen molar-refractivity contribution in [2.24, 2.45) is 0 Å². The summed E-state index contributed by atoms with van der Waals surface area (Å²) in [5.74, 6) is 0.0834. The number of hydrogen-bond acceptors (Lipinski definition) is 5. The maximum absolute atomic E-state index is 12.2. The molecule has 0 saturated carbocycles. The van der Waals surface area contributed by atoms with Gasteiger partial charge in [0, 0.05) is 4.88 Å². The molecule has 8 heteroatoms. The van der Waals surface area contributed by atoms with Crippen LogP contribution in [-0.2, 0) is 21.2 Å². The first-order chi connectivity index (χ1) is 11.5. The zero-order chi connectivity index (χ0) is 17.6. The van der Waals surface area contributed by atoms with Gasteiger partial charge in [-0.1, -0.05) is 19.1 Å². The largest absolute Gasteiger partial charge is 0.492 e. The number of para-hydroxylation sites is 2. The molecule has 0 saturated heterocycles. The molecular weight excluding hydrogens is 348 g/mol. The Morgan fingerprint density at radius 2 is 1.92 bits per heavy atom. The molecule has 0 aliphatic heterocycles. The number of amides is 1. The van der Waals surface area contributed by atoms with Crippen LogP contribution >= 0.6 is 11.3 Å². The molecule has 1 aromatic carbocycles.